The van der Waals surface area contributed by atoms with Crippen molar-refractivity contribution < 1.29 is 14.3 Å². The van der Waals surface area contributed by atoms with E-state index < -0.39 is 11.4 Å². The van der Waals surface area contributed by atoms with Crippen molar-refractivity contribution in [3.63, 3.8) is 0 Å². The highest BCUT2D eigenvalue weighted by Crippen LogP contribution is 2.33. The van der Waals surface area contributed by atoms with Crippen LogP contribution in [0.3, 0.4) is 0 Å². The molecule has 2 rings (SSSR count). The van der Waals surface area contributed by atoms with Crippen LogP contribution in [0.2, 0.25) is 0 Å². The first-order chi connectivity index (χ1) is 8.01. The van der Waals surface area contributed by atoms with Gasteiger partial charge >= 0.3 is 5.97 Å². The average Bonchev–Trinajstić information content (AvgIpc) is 2.80. The van der Waals surface area contributed by atoms with Gasteiger partial charge in [-0.05, 0) is 26.7 Å². The average molecular weight is 237 g/mol. The van der Waals surface area contributed by atoms with Crippen LogP contribution >= 0.6 is 0 Å². The van der Waals surface area contributed by atoms with Crippen molar-refractivity contribution in [1.29, 1.82) is 0 Å². The van der Waals surface area contributed by atoms with Crippen LogP contribution in [0.25, 0.3) is 0 Å². The van der Waals surface area contributed by atoms with Gasteiger partial charge in [-0.3, -0.25) is 4.79 Å². The summed E-state index contributed by atoms with van der Waals surface area (Å²) in [5, 5.41) is 9.13. The first-order valence-electron chi connectivity index (χ1n) is 6.21. The summed E-state index contributed by atoms with van der Waals surface area (Å²) >= 11 is 0. The Kier molecular flexibility index (Phi) is 3.22. The van der Waals surface area contributed by atoms with Crippen molar-refractivity contribution in [3.05, 3.63) is 17.8 Å². The van der Waals surface area contributed by atoms with Crippen LogP contribution in [0.5, 0.6) is 0 Å². The Balaban J connectivity index is 2.17. The number of aliphatic carboxylic acids is 1. The summed E-state index contributed by atoms with van der Waals surface area (Å²) in [7, 11) is 0. The molecule has 0 aliphatic heterocycles. The van der Waals surface area contributed by atoms with Gasteiger partial charge in [0.15, 0.2) is 5.89 Å². The normalized spacial score (nSPS) is 18.2. The zero-order valence-corrected chi connectivity index (χ0v) is 10.4. The molecule has 1 N–H and O–H groups in total. The number of carbonyl (C=O) groups is 1. The predicted molar refractivity (Wildman–Crippen MR) is 63.0 cm³/mol. The molecule has 4 nitrogen and oxygen atoms in total. The monoisotopic (exact) mass is 237 g/mol. The number of rotatable bonds is 3. The van der Waals surface area contributed by atoms with Crippen LogP contribution < -0.4 is 0 Å². The minimum Gasteiger partial charge on any atom is -0.481 e. The summed E-state index contributed by atoms with van der Waals surface area (Å²) < 4.78 is 5.47. The lowest BCUT2D eigenvalue weighted by atomic mass is 9.88. The van der Waals surface area contributed by atoms with E-state index in [1.165, 1.54) is 25.5 Å². The molecule has 1 saturated carbocycles. The van der Waals surface area contributed by atoms with Crippen LogP contribution in [0.4, 0.5) is 0 Å². The highest BCUT2D eigenvalue weighted by atomic mass is 16.4. The largest absolute Gasteiger partial charge is 0.481 e. The number of oxazole rings is 1. The highest BCUT2D eigenvalue weighted by molar-refractivity contribution is 5.79. The molecule has 0 saturated heterocycles. The second-order valence-corrected chi connectivity index (χ2v) is 5.34. The van der Waals surface area contributed by atoms with Gasteiger partial charge in [-0.15, -0.1) is 0 Å². The highest BCUT2D eigenvalue weighted by Gasteiger charge is 2.34. The molecule has 0 spiro atoms. The lowest BCUT2D eigenvalue weighted by Crippen LogP contribution is -2.29. The Morgan fingerprint density at radius 1 is 1.41 bits per heavy atom. The van der Waals surface area contributed by atoms with Gasteiger partial charge in [0.25, 0.3) is 0 Å². The summed E-state index contributed by atoms with van der Waals surface area (Å²) in [6, 6.07) is 0. The Morgan fingerprint density at radius 3 is 2.65 bits per heavy atom. The van der Waals surface area contributed by atoms with Gasteiger partial charge in [0.1, 0.15) is 11.7 Å². The molecule has 1 fully saturated rings. The Bertz CT molecular complexity index is 403. The molecule has 0 radical (unpaired) electrons. The second kappa shape index (κ2) is 4.51. The summed E-state index contributed by atoms with van der Waals surface area (Å²) in [4.78, 5) is 15.5. The van der Waals surface area contributed by atoms with Gasteiger partial charge in [-0.1, -0.05) is 19.3 Å². The first kappa shape index (κ1) is 12.1. The van der Waals surface area contributed by atoms with E-state index in [1.54, 1.807) is 13.8 Å². The number of hydrogen-bond donors (Lipinski definition) is 1. The lowest BCUT2D eigenvalue weighted by molar-refractivity contribution is -0.142. The van der Waals surface area contributed by atoms with Crippen molar-refractivity contribution in [2.24, 2.45) is 0 Å². The van der Waals surface area contributed by atoms with E-state index in [0.29, 0.717) is 17.5 Å². The van der Waals surface area contributed by atoms with Crippen molar-refractivity contribution in [2.75, 3.05) is 0 Å². The first-order valence-corrected chi connectivity index (χ1v) is 6.21. The number of carboxylic acids is 1. The molecular weight excluding hydrogens is 218 g/mol. The second-order valence-electron chi connectivity index (χ2n) is 5.34. The number of carboxylic acid groups (broad SMARTS) is 1. The molecule has 0 amide bonds. The zero-order valence-electron chi connectivity index (χ0n) is 10.4. The van der Waals surface area contributed by atoms with E-state index in [1.807, 2.05) is 0 Å². The third kappa shape index (κ3) is 2.35. The molecule has 1 aromatic heterocycles. The minimum atomic E-state index is -0.976. The maximum absolute atomic E-state index is 11.1. The fraction of sp³-hybridized carbons (Fsp3) is 0.692. The summed E-state index contributed by atoms with van der Waals surface area (Å²) in [6.45, 7) is 3.30. The summed E-state index contributed by atoms with van der Waals surface area (Å²) in [5.74, 6) is 0.220. The van der Waals surface area contributed by atoms with Crippen molar-refractivity contribution in [3.8, 4) is 0 Å². The Labute approximate surface area is 101 Å². The fourth-order valence-corrected chi connectivity index (χ4v) is 2.22. The minimum absolute atomic E-state index is 0.377. The SMILES string of the molecule is CC(C)(C(=O)O)c1coc(C2CCCCC2)n1. The maximum Gasteiger partial charge on any atom is 0.315 e. The molecule has 0 atom stereocenters. The Hall–Kier alpha value is -1.32. The van der Waals surface area contributed by atoms with E-state index in [9.17, 15) is 4.79 Å². The Morgan fingerprint density at radius 2 is 2.06 bits per heavy atom. The zero-order chi connectivity index (χ0) is 12.5. The molecule has 1 aliphatic carbocycles. The smallest absolute Gasteiger partial charge is 0.315 e. The van der Waals surface area contributed by atoms with E-state index in [4.69, 9.17) is 9.52 Å². The van der Waals surface area contributed by atoms with Crippen molar-refractivity contribution in [2.45, 2.75) is 57.3 Å². The number of nitrogens with zero attached hydrogens (tertiary/aromatic N) is 1. The van der Waals surface area contributed by atoms with Gasteiger partial charge in [0, 0.05) is 5.92 Å². The van der Waals surface area contributed by atoms with Crippen molar-refractivity contribution >= 4 is 5.97 Å². The topological polar surface area (TPSA) is 63.3 Å². The maximum atomic E-state index is 11.1. The fourth-order valence-electron chi connectivity index (χ4n) is 2.22. The molecule has 1 aromatic rings. The van der Waals surface area contributed by atoms with Crippen LogP contribution in [0.1, 0.15) is 63.5 Å². The third-order valence-electron chi connectivity index (χ3n) is 3.65. The quantitative estimate of drug-likeness (QED) is 0.877. The van der Waals surface area contributed by atoms with Crippen LogP contribution in [0.15, 0.2) is 10.7 Å². The van der Waals surface area contributed by atoms with E-state index >= 15 is 0 Å². The molecule has 0 bridgehead atoms. The molecule has 1 heterocycles. The molecular formula is C13H19NO3. The summed E-state index contributed by atoms with van der Waals surface area (Å²) in [5.41, 5.74) is -0.457. The lowest BCUT2D eigenvalue weighted by Gasteiger charge is -2.18. The van der Waals surface area contributed by atoms with Crippen LogP contribution in [-0.2, 0) is 10.2 Å². The molecule has 17 heavy (non-hydrogen) atoms. The molecule has 94 valence electrons. The van der Waals surface area contributed by atoms with Gasteiger partial charge in [0.05, 0.1) is 5.69 Å². The van der Waals surface area contributed by atoms with E-state index in [0.717, 1.165) is 12.8 Å². The molecule has 1 aliphatic rings. The number of aromatic nitrogens is 1. The summed E-state index contributed by atoms with van der Waals surface area (Å²) in [6.07, 6.45) is 7.42. The standard InChI is InChI=1S/C13H19NO3/c1-13(2,12(15)16)10-8-17-11(14-10)9-6-4-3-5-7-9/h8-9H,3-7H2,1-2H3,(H,15,16). The van der Waals surface area contributed by atoms with E-state index in [2.05, 4.69) is 4.98 Å². The molecule has 0 aromatic carbocycles. The van der Waals surface area contributed by atoms with Crippen LogP contribution in [0, 0.1) is 0 Å². The van der Waals surface area contributed by atoms with Gasteiger partial charge in [-0.25, -0.2) is 4.98 Å². The van der Waals surface area contributed by atoms with Gasteiger partial charge < -0.3 is 9.52 Å². The van der Waals surface area contributed by atoms with Crippen LogP contribution in [-0.4, -0.2) is 16.1 Å². The van der Waals surface area contributed by atoms with Gasteiger partial charge in [-0.2, -0.15) is 0 Å². The van der Waals surface area contributed by atoms with Gasteiger partial charge in [0.2, 0.25) is 0 Å². The van der Waals surface area contributed by atoms with E-state index in [-0.39, 0.29) is 0 Å². The third-order valence-corrected chi connectivity index (χ3v) is 3.65. The molecule has 4 heteroatoms. The molecule has 0 unspecified atom stereocenters. The van der Waals surface area contributed by atoms with Crippen molar-refractivity contribution in [1.82, 2.24) is 4.98 Å². The predicted octanol–water partition coefficient (Wildman–Crippen LogP) is 3.08. The number of hydrogen-bond acceptors (Lipinski definition) is 3.